The maximum absolute atomic E-state index is 12.3. The lowest BCUT2D eigenvalue weighted by Gasteiger charge is -2.23. The van der Waals surface area contributed by atoms with Gasteiger partial charge in [0.15, 0.2) is 0 Å². The average Bonchev–Trinajstić information content (AvgIpc) is 2.96. The molecule has 1 aliphatic rings. The number of nitrogens with zero attached hydrogens (tertiary/aromatic N) is 1. The Morgan fingerprint density at radius 2 is 2.14 bits per heavy atom. The first-order chi connectivity index (χ1) is 9.99. The first kappa shape index (κ1) is 16.5. The molecule has 0 aliphatic carbocycles. The molecule has 2 unspecified atom stereocenters. The van der Waals surface area contributed by atoms with E-state index in [1.807, 2.05) is 11.8 Å². The number of hydrogen-bond acceptors (Lipinski definition) is 4. The lowest BCUT2D eigenvalue weighted by molar-refractivity contribution is -0.130. The molecule has 118 valence electrons. The Morgan fingerprint density at radius 3 is 2.76 bits per heavy atom. The maximum Gasteiger partial charge on any atom is 0.241 e. The van der Waals surface area contributed by atoms with Crippen LogP contribution in [0.15, 0.2) is 12.1 Å². The molecule has 0 saturated carbocycles. The van der Waals surface area contributed by atoms with Gasteiger partial charge >= 0.3 is 0 Å². The van der Waals surface area contributed by atoms with E-state index in [0.29, 0.717) is 19.1 Å². The predicted molar refractivity (Wildman–Crippen MR) is 86.4 cm³/mol. The van der Waals surface area contributed by atoms with Crippen LogP contribution in [0.25, 0.3) is 0 Å². The topological polar surface area (TPSA) is 41.6 Å². The number of amides is 1. The highest BCUT2D eigenvalue weighted by Gasteiger charge is 2.37. The molecule has 5 heteroatoms. The first-order valence-corrected chi connectivity index (χ1v) is 8.51. The molecule has 4 nitrogen and oxygen atoms in total. The van der Waals surface area contributed by atoms with Gasteiger partial charge in [0.25, 0.3) is 0 Å². The van der Waals surface area contributed by atoms with Gasteiger partial charge in [-0.3, -0.25) is 10.1 Å². The molecule has 1 amide bonds. The van der Waals surface area contributed by atoms with Gasteiger partial charge < -0.3 is 9.64 Å². The highest BCUT2D eigenvalue weighted by atomic mass is 32.1. The first-order valence-electron chi connectivity index (χ1n) is 7.69. The van der Waals surface area contributed by atoms with E-state index in [1.54, 1.807) is 11.3 Å². The van der Waals surface area contributed by atoms with E-state index in [9.17, 15) is 4.79 Å². The van der Waals surface area contributed by atoms with Crippen LogP contribution in [0, 0.1) is 12.8 Å². The molecule has 1 N–H and O–H groups in total. The third-order valence-corrected chi connectivity index (χ3v) is 4.77. The van der Waals surface area contributed by atoms with Gasteiger partial charge in [-0.2, -0.15) is 0 Å². The van der Waals surface area contributed by atoms with E-state index in [-0.39, 0.29) is 18.1 Å². The summed E-state index contributed by atoms with van der Waals surface area (Å²) in [5, 5.41) is 3.37. The van der Waals surface area contributed by atoms with Crippen LogP contribution in [0.2, 0.25) is 0 Å². The molecule has 1 saturated heterocycles. The van der Waals surface area contributed by atoms with Crippen LogP contribution >= 0.6 is 11.3 Å². The largest absolute Gasteiger partial charge is 0.380 e. The normalized spacial score (nSPS) is 22.5. The molecule has 1 aromatic heterocycles. The zero-order chi connectivity index (χ0) is 15.4. The summed E-state index contributed by atoms with van der Waals surface area (Å²) >= 11 is 1.74. The van der Waals surface area contributed by atoms with Crippen molar-refractivity contribution >= 4 is 17.2 Å². The summed E-state index contributed by atoms with van der Waals surface area (Å²) in [6.07, 6.45) is 1.07. The van der Waals surface area contributed by atoms with Gasteiger partial charge in [-0.25, -0.2) is 0 Å². The molecule has 0 bridgehead atoms. The number of nitrogens with one attached hydrogen (secondary N) is 1. The van der Waals surface area contributed by atoms with E-state index >= 15 is 0 Å². The molecular weight excluding hydrogens is 284 g/mol. The Hall–Kier alpha value is -0.910. The Morgan fingerprint density at radius 1 is 1.38 bits per heavy atom. The van der Waals surface area contributed by atoms with E-state index < -0.39 is 0 Å². The second kappa shape index (κ2) is 7.38. The van der Waals surface area contributed by atoms with Crippen molar-refractivity contribution in [1.29, 1.82) is 0 Å². The van der Waals surface area contributed by atoms with Crippen LogP contribution in [0.3, 0.4) is 0 Å². The molecule has 0 spiro atoms. The quantitative estimate of drug-likeness (QED) is 0.787. The lowest BCUT2D eigenvalue weighted by atomic mass is 10.1. The van der Waals surface area contributed by atoms with Crippen LogP contribution in [-0.4, -0.2) is 36.6 Å². The predicted octanol–water partition coefficient (Wildman–Crippen LogP) is 2.94. The van der Waals surface area contributed by atoms with Crippen molar-refractivity contribution in [2.24, 2.45) is 5.92 Å². The van der Waals surface area contributed by atoms with Crippen molar-refractivity contribution in [2.75, 3.05) is 19.8 Å². The number of ether oxygens (including phenoxy) is 1. The number of thiophene rings is 1. The third kappa shape index (κ3) is 4.28. The number of hydrogen-bond donors (Lipinski definition) is 1. The SMILES string of the molecule is Cc1ccc(C2NC(C)C(=O)N2CCOCCC(C)C)s1. The van der Waals surface area contributed by atoms with Gasteiger partial charge in [-0.15, -0.1) is 11.3 Å². The second-order valence-electron chi connectivity index (χ2n) is 6.07. The Bertz CT molecular complexity index is 473. The van der Waals surface area contributed by atoms with E-state index in [0.717, 1.165) is 13.0 Å². The number of carbonyl (C=O) groups is 1. The summed E-state index contributed by atoms with van der Waals surface area (Å²) in [4.78, 5) is 16.7. The van der Waals surface area contributed by atoms with Gasteiger partial charge in [0.2, 0.25) is 5.91 Å². The minimum Gasteiger partial charge on any atom is -0.380 e. The van der Waals surface area contributed by atoms with Crippen molar-refractivity contribution in [3.63, 3.8) is 0 Å². The van der Waals surface area contributed by atoms with Crippen molar-refractivity contribution < 1.29 is 9.53 Å². The van der Waals surface area contributed by atoms with Crippen molar-refractivity contribution in [3.8, 4) is 0 Å². The molecule has 21 heavy (non-hydrogen) atoms. The highest BCUT2D eigenvalue weighted by molar-refractivity contribution is 7.12. The summed E-state index contributed by atoms with van der Waals surface area (Å²) in [7, 11) is 0. The van der Waals surface area contributed by atoms with Gasteiger partial charge in [0, 0.05) is 22.9 Å². The fraction of sp³-hybridized carbons (Fsp3) is 0.688. The van der Waals surface area contributed by atoms with Crippen molar-refractivity contribution in [3.05, 3.63) is 21.9 Å². The zero-order valence-corrected chi connectivity index (χ0v) is 14.2. The third-order valence-electron chi connectivity index (χ3n) is 3.72. The summed E-state index contributed by atoms with van der Waals surface area (Å²) in [5.74, 6) is 0.820. The van der Waals surface area contributed by atoms with Gasteiger partial charge in [-0.05, 0) is 38.3 Å². The number of carbonyl (C=O) groups excluding carboxylic acids is 1. The Balaban J connectivity index is 1.90. The molecule has 1 aliphatic heterocycles. The van der Waals surface area contributed by atoms with E-state index in [4.69, 9.17) is 4.74 Å². The fourth-order valence-electron chi connectivity index (χ4n) is 2.43. The van der Waals surface area contributed by atoms with Gasteiger partial charge in [0.1, 0.15) is 6.17 Å². The van der Waals surface area contributed by atoms with Crippen molar-refractivity contribution in [1.82, 2.24) is 10.2 Å². The molecule has 2 heterocycles. The van der Waals surface area contributed by atoms with Crippen LogP contribution < -0.4 is 5.32 Å². The van der Waals surface area contributed by atoms with Crippen LogP contribution in [0.1, 0.15) is 43.1 Å². The van der Waals surface area contributed by atoms with Crippen LogP contribution in [-0.2, 0) is 9.53 Å². The van der Waals surface area contributed by atoms with Gasteiger partial charge in [0.05, 0.1) is 12.6 Å². The Labute approximate surface area is 131 Å². The summed E-state index contributed by atoms with van der Waals surface area (Å²) in [5.41, 5.74) is 0. The minimum atomic E-state index is -0.118. The molecule has 0 radical (unpaired) electrons. The Kier molecular flexibility index (Phi) is 5.79. The van der Waals surface area contributed by atoms with Crippen LogP contribution in [0.4, 0.5) is 0 Å². The fourth-order valence-corrected chi connectivity index (χ4v) is 3.38. The zero-order valence-electron chi connectivity index (χ0n) is 13.4. The summed E-state index contributed by atoms with van der Waals surface area (Å²) in [6, 6.07) is 4.09. The molecule has 2 atom stereocenters. The molecule has 0 aromatic carbocycles. The second-order valence-corrected chi connectivity index (χ2v) is 7.39. The monoisotopic (exact) mass is 310 g/mol. The molecule has 1 aromatic rings. The lowest BCUT2D eigenvalue weighted by Crippen LogP contribution is -2.33. The van der Waals surface area contributed by atoms with E-state index in [2.05, 4.69) is 38.2 Å². The maximum atomic E-state index is 12.3. The molecule has 2 rings (SSSR count). The molecule has 1 fully saturated rings. The van der Waals surface area contributed by atoms with Crippen LogP contribution in [0.5, 0.6) is 0 Å². The highest BCUT2D eigenvalue weighted by Crippen LogP contribution is 2.30. The van der Waals surface area contributed by atoms with Gasteiger partial charge in [-0.1, -0.05) is 13.8 Å². The number of aryl methyl sites for hydroxylation is 1. The van der Waals surface area contributed by atoms with Crippen molar-refractivity contribution in [2.45, 2.75) is 46.3 Å². The smallest absolute Gasteiger partial charge is 0.241 e. The summed E-state index contributed by atoms with van der Waals surface area (Å²) < 4.78 is 5.66. The summed E-state index contributed by atoms with van der Waals surface area (Å²) in [6.45, 7) is 10.4. The number of rotatable bonds is 7. The standard InChI is InChI=1S/C16H26N2O2S/c1-11(2)7-9-20-10-8-18-15(17-13(4)16(18)19)14-6-5-12(3)21-14/h5-6,11,13,15,17H,7-10H2,1-4H3. The average molecular weight is 310 g/mol. The molecular formula is C16H26N2O2S. The minimum absolute atomic E-state index is 0.0000937. The van der Waals surface area contributed by atoms with E-state index in [1.165, 1.54) is 9.75 Å².